The van der Waals surface area contributed by atoms with Crippen molar-refractivity contribution >= 4 is 69.6 Å². The average molecular weight is 862 g/mol. The molecule has 0 heterocycles. The number of amides is 6. The summed E-state index contributed by atoms with van der Waals surface area (Å²) in [5.41, 5.74) is 1.53. The largest absolute Gasteiger partial charge is 0.480 e. The number of carbonyl (C=O) groups excluding carboxylic acids is 6. The number of rotatable bonds is 26. The molecule has 0 radical (unpaired) electrons. The number of benzene rings is 2. The van der Waals surface area contributed by atoms with Gasteiger partial charge in [0.25, 0.3) is 0 Å². The van der Waals surface area contributed by atoms with Gasteiger partial charge < -0.3 is 37.0 Å². The normalized spacial score (nSPS) is 13.1. The van der Waals surface area contributed by atoms with Crippen molar-refractivity contribution in [1.29, 1.82) is 5.26 Å². The van der Waals surface area contributed by atoms with Crippen LogP contribution in [0.15, 0.2) is 60.7 Å². The summed E-state index contributed by atoms with van der Waals surface area (Å²) in [6, 6.07) is 17.1. The van der Waals surface area contributed by atoms with E-state index in [0.29, 0.717) is 17.0 Å². The molecule has 0 saturated heterocycles. The highest BCUT2D eigenvalue weighted by Crippen LogP contribution is 2.33. The minimum atomic E-state index is -1.18. The maximum atomic E-state index is 13.7. The molecule has 4 atom stereocenters. The van der Waals surface area contributed by atoms with Crippen LogP contribution in [0.1, 0.15) is 83.3 Å². The molecule has 1 unspecified atom stereocenters. The Kier molecular flexibility index (Phi) is 22.7. The number of nitrogens with zero attached hydrogens (tertiary/aromatic N) is 1. The number of carbonyl (C=O) groups is 7. The number of carboxylic acid groups (broad SMARTS) is 1. The summed E-state index contributed by atoms with van der Waals surface area (Å²) in [5, 5.41) is 34.8. The van der Waals surface area contributed by atoms with Crippen molar-refractivity contribution in [2.45, 2.75) is 101 Å². The van der Waals surface area contributed by atoms with Crippen LogP contribution < -0.4 is 31.9 Å². The Bertz CT molecular complexity index is 1870. The van der Waals surface area contributed by atoms with Crippen molar-refractivity contribution in [3.05, 3.63) is 71.8 Å². The van der Waals surface area contributed by atoms with Gasteiger partial charge in [0.2, 0.25) is 35.4 Å². The number of terminal acetylenes is 1. The number of thioether (sulfide) groups is 1. The van der Waals surface area contributed by atoms with Gasteiger partial charge in [0.15, 0.2) is 0 Å². The first-order valence-corrected chi connectivity index (χ1v) is 20.9. The lowest BCUT2D eigenvalue weighted by Gasteiger charge is -2.24. The molecule has 2 aromatic rings. The Hall–Kier alpha value is -5.78. The summed E-state index contributed by atoms with van der Waals surface area (Å²) >= 11 is 6.70. The second kappa shape index (κ2) is 27.1. The third-order valence-electron chi connectivity index (χ3n) is 8.91. The maximum absolute atomic E-state index is 13.7. The summed E-state index contributed by atoms with van der Waals surface area (Å²) in [4.78, 5) is 88.8. The molecule has 0 bridgehead atoms. The molecule has 60 heavy (non-hydrogen) atoms. The Morgan fingerprint density at radius 3 is 2.03 bits per heavy atom. The van der Waals surface area contributed by atoms with Crippen molar-refractivity contribution in [2.24, 2.45) is 5.92 Å². The minimum absolute atomic E-state index is 0.0227. The number of unbranched alkanes of at least 4 members (excludes halogenated alkanes) is 1. The van der Waals surface area contributed by atoms with E-state index < -0.39 is 70.8 Å². The van der Waals surface area contributed by atoms with Crippen LogP contribution in [0.5, 0.6) is 0 Å². The SMILES string of the molecule is C#CCCC(=O)N[C@@H](CCCCNC(=O)CNC(=O)[C@H](CC(C)C)NC(=O)[C@H](Cc1ccccc1)NC(=O)CNC(=O)CCC(C)(C#N)SC(=S)c1ccccc1)C(=O)O. The van der Waals surface area contributed by atoms with Crippen molar-refractivity contribution in [3.63, 3.8) is 0 Å². The maximum Gasteiger partial charge on any atom is 0.326 e. The fraction of sp³-hybridized carbons (Fsp3) is 0.465. The number of aliphatic carboxylic acids is 1. The zero-order valence-electron chi connectivity index (χ0n) is 34.2. The summed E-state index contributed by atoms with van der Waals surface area (Å²) in [6.45, 7) is 4.78. The monoisotopic (exact) mass is 861 g/mol. The number of carboxylic acids is 1. The van der Waals surface area contributed by atoms with Crippen LogP contribution in [-0.4, -0.2) is 93.2 Å². The zero-order chi connectivity index (χ0) is 44.5. The Balaban J connectivity index is 1.94. The highest BCUT2D eigenvalue weighted by atomic mass is 32.2. The van der Waals surface area contributed by atoms with Crippen molar-refractivity contribution in [2.75, 3.05) is 19.6 Å². The van der Waals surface area contributed by atoms with Crippen LogP contribution in [0, 0.1) is 29.6 Å². The number of nitrogens with one attached hydrogen (secondary N) is 6. The van der Waals surface area contributed by atoms with Crippen LogP contribution in [-0.2, 0) is 40.0 Å². The molecule has 15 nitrogen and oxygen atoms in total. The molecule has 7 N–H and O–H groups in total. The molecule has 0 aliphatic heterocycles. The van der Waals surface area contributed by atoms with E-state index in [1.165, 1.54) is 11.8 Å². The lowest BCUT2D eigenvalue weighted by atomic mass is 10.0. The molecule has 0 aliphatic rings. The quantitative estimate of drug-likeness (QED) is 0.0413. The van der Waals surface area contributed by atoms with Gasteiger partial charge in [-0.2, -0.15) is 5.26 Å². The first-order chi connectivity index (χ1) is 28.5. The van der Waals surface area contributed by atoms with Crippen molar-refractivity contribution in [1.82, 2.24) is 31.9 Å². The van der Waals surface area contributed by atoms with Crippen molar-refractivity contribution < 1.29 is 38.7 Å². The molecule has 322 valence electrons. The number of thiocarbonyl (C=S) groups is 1. The predicted molar refractivity (Wildman–Crippen MR) is 233 cm³/mol. The molecule has 2 rings (SSSR count). The van der Waals surface area contributed by atoms with Gasteiger partial charge >= 0.3 is 5.97 Å². The van der Waals surface area contributed by atoms with Gasteiger partial charge in [0.05, 0.1) is 23.4 Å². The summed E-state index contributed by atoms with van der Waals surface area (Å²) in [5.74, 6) is -2.22. The van der Waals surface area contributed by atoms with E-state index in [-0.39, 0.29) is 64.0 Å². The molecular weight excluding hydrogens is 807 g/mol. The fourth-order valence-corrected chi connectivity index (χ4v) is 7.23. The number of hydrogen-bond donors (Lipinski definition) is 7. The first kappa shape index (κ1) is 50.4. The number of hydrogen-bond acceptors (Lipinski definition) is 10. The van der Waals surface area contributed by atoms with E-state index in [9.17, 15) is 43.9 Å². The molecule has 2 aromatic carbocycles. The van der Waals surface area contributed by atoms with E-state index in [0.717, 1.165) is 11.1 Å². The van der Waals surface area contributed by atoms with Crippen molar-refractivity contribution in [3.8, 4) is 18.4 Å². The third kappa shape index (κ3) is 20.3. The molecule has 6 amide bonds. The lowest BCUT2D eigenvalue weighted by Crippen LogP contribution is -2.56. The van der Waals surface area contributed by atoms with Gasteiger partial charge in [-0.1, -0.05) is 98.5 Å². The molecule has 0 aromatic heterocycles. The molecular formula is C43H55N7O8S2. The van der Waals surface area contributed by atoms with Crippen LogP contribution in [0.25, 0.3) is 0 Å². The second-order valence-electron chi connectivity index (χ2n) is 14.6. The van der Waals surface area contributed by atoms with E-state index in [1.807, 2.05) is 44.2 Å². The topological polar surface area (TPSA) is 236 Å². The van der Waals surface area contributed by atoms with Crippen LogP contribution >= 0.6 is 24.0 Å². The minimum Gasteiger partial charge on any atom is -0.480 e. The average Bonchev–Trinajstić information content (AvgIpc) is 3.22. The highest BCUT2D eigenvalue weighted by molar-refractivity contribution is 8.24. The zero-order valence-corrected chi connectivity index (χ0v) is 35.8. The van der Waals surface area contributed by atoms with Crippen LogP contribution in [0.3, 0.4) is 0 Å². The summed E-state index contributed by atoms with van der Waals surface area (Å²) in [7, 11) is 0. The van der Waals surface area contributed by atoms with Crippen LogP contribution in [0.2, 0.25) is 0 Å². The molecule has 0 fully saturated rings. The Morgan fingerprint density at radius 1 is 0.783 bits per heavy atom. The number of nitriles is 1. The van der Waals surface area contributed by atoms with E-state index >= 15 is 0 Å². The molecule has 17 heteroatoms. The van der Waals surface area contributed by atoms with E-state index in [2.05, 4.69) is 43.9 Å². The highest BCUT2D eigenvalue weighted by Gasteiger charge is 2.30. The smallest absolute Gasteiger partial charge is 0.326 e. The van der Waals surface area contributed by atoms with Gasteiger partial charge in [0, 0.05) is 32.2 Å². The molecule has 0 spiro atoms. The third-order valence-corrected chi connectivity index (χ3v) is 10.6. The second-order valence-corrected chi connectivity index (χ2v) is 16.8. The van der Waals surface area contributed by atoms with Gasteiger partial charge in [-0.05, 0) is 56.1 Å². The standard InChI is InChI=1S/C43H55N7O8S2/c1-5-6-20-36(52)48-32(41(57)58)19-13-14-23-45-37(53)26-47-39(55)33(24-29(2)3)50-40(56)34(25-30-15-9-7-10-16-30)49-38(54)27-46-35(51)21-22-43(4,28-44)60-42(59)31-17-11-8-12-18-31/h1,7-12,15-18,29,32-34H,6,13-14,19-27H2,2-4H3,(H,45,53)(H,46,51)(H,47,55)(H,48,52)(H,49,54)(H,50,56)(H,57,58)/t32-,33-,34-,43?/m0/s1. The fourth-order valence-electron chi connectivity index (χ4n) is 5.63. The molecule has 0 saturated carbocycles. The molecule has 0 aliphatic carbocycles. The lowest BCUT2D eigenvalue weighted by molar-refractivity contribution is -0.142. The summed E-state index contributed by atoms with van der Waals surface area (Å²) in [6.07, 6.45) is 6.73. The van der Waals surface area contributed by atoms with Gasteiger partial charge in [-0.15, -0.1) is 12.3 Å². The Labute approximate surface area is 361 Å². The van der Waals surface area contributed by atoms with E-state index in [1.54, 1.807) is 37.3 Å². The first-order valence-electron chi connectivity index (χ1n) is 19.7. The van der Waals surface area contributed by atoms with Gasteiger partial charge in [-0.3, -0.25) is 28.8 Å². The van der Waals surface area contributed by atoms with Gasteiger partial charge in [-0.25, -0.2) is 4.79 Å². The predicted octanol–water partition coefficient (Wildman–Crippen LogP) is 2.92. The van der Waals surface area contributed by atoms with Crippen LogP contribution in [0.4, 0.5) is 0 Å². The van der Waals surface area contributed by atoms with Gasteiger partial charge in [0.1, 0.15) is 22.9 Å². The van der Waals surface area contributed by atoms with E-state index in [4.69, 9.17) is 18.6 Å². The summed E-state index contributed by atoms with van der Waals surface area (Å²) < 4.78 is -0.467. The Morgan fingerprint density at radius 2 is 1.42 bits per heavy atom.